The van der Waals surface area contributed by atoms with E-state index in [1.54, 1.807) is 0 Å². The van der Waals surface area contributed by atoms with Crippen LogP contribution in [-0.2, 0) is 6.42 Å². The van der Waals surface area contributed by atoms with Gasteiger partial charge in [0.1, 0.15) is 0 Å². The average molecular weight is 199 g/mol. The number of benzene rings is 1. The van der Waals surface area contributed by atoms with Crippen LogP contribution in [0.2, 0.25) is 0 Å². The van der Waals surface area contributed by atoms with Crippen LogP contribution in [0.5, 0.6) is 5.75 Å². The van der Waals surface area contributed by atoms with Crippen molar-refractivity contribution in [2.45, 2.75) is 6.42 Å². The normalized spacial score (nSPS) is 9.79. The summed E-state index contributed by atoms with van der Waals surface area (Å²) in [6.07, 6.45) is -0.684. The smallest absolute Gasteiger partial charge is 0.404 e. The van der Waals surface area contributed by atoms with E-state index >= 15 is 0 Å². The monoisotopic (exact) mass is 199 g/mol. The van der Waals surface area contributed by atoms with E-state index < -0.39 is 17.7 Å². The highest BCUT2D eigenvalue weighted by Gasteiger charge is 2.01. The van der Waals surface area contributed by atoms with Crippen molar-refractivity contribution in [2.75, 3.05) is 6.54 Å². The summed E-state index contributed by atoms with van der Waals surface area (Å²) in [5, 5.41) is 19.4. The molecule has 0 aliphatic rings. The minimum Gasteiger partial charge on any atom is -0.505 e. The maximum Gasteiger partial charge on any atom is 0.404 e. The first-order valence-corrected chi connectivity index (χ1v) is 4.04. The van der Waals surface area contributed by atoms with Gasteiger partial charge in [-0.05, 0) is 24.1 Å². The van der Waals surface area contributed by atoms with Crippen LogP contribution in [0.25, 0.3) is 0 Å². The molecule has 0 radical (unpaired) electrons. The van der Waals surface area contributed by atoms with Crippen molar-refractivity contribution in [3.63, 3.8) is 0 Å². The maximum atomic E-state index is 12.6. The van der Waals surface area contributed by atoms with Crippen LogP contribution in [0.3, 0.4) is 0 Å². The molecule has 1 aromatic rings. The van der Waals surface area contributed by atoms with Crippen LogP contribution in [-0.4, -0.2) is 22.9 Å². The first-order valence-electron chi connectivity index (χ1n) is 4.04. The molecule has 1 amide bonds. The summed E-state index contributed by atoms with van der Waals surface area (Å²) in [7, 11) is 0. The van der Waals surface area contributed by atoms with E-state index in [2.05, 4.69) is 5.32 Å². The number of nitrogens with one attached hydrogen (secondary N) is 1. The second-order valence-corrected chi connectivity index (χ2v) is 2.77. The van der Waals surface area contributed by atoms with Gasteiger partial charge >= 0.3 is 6.09 Å². The summed E-state index contributed by atoms with van der Waals surface area (Å²) in [4.78, 5) is 10.1. The fourth-order valence-electron chi connectivity index (χ4n) is 1.03. The van der Waals surface area contributed by atoms with Crippen LogP contribution >= 0.6 is 0 Å². The fourth-order valence-corrected chi connectivity index (χ4v) is 1.03. The predicted molar refractivity (Wildman–Crippen MR) is 47.8 cm³/mol. The highest BCUT2D eigenvalue weighted by molar-refractivity contribution is 5.64. The summed E-state index contributed by atoms with van der Waals surface area (Å²) in [5.74, 6) is -1.10. The number of amides is 1. The van der Waals surface area contributed by atoms with Gasteiger partial charge in [0.15, 0.2) is 11.6 Å². The summed E-state index contributed by atoms with van der Waals surface area (Å²) < 4.78 is 12.6. The topological polar surface area (TPSA) is 69.6 Å². The zero-order valence-electron chi connectivity index (χ0n) is 7.33. The van der Waals surface area contributed by atoms with E-state index in [1.807, 2.05) is 0 Å². The number of rotatable bonds is 3. The molecular formula is C9H10FNO3. The molecule has 0 unspecified atom stereocenters. The van der Waals surface area contributed by atoms with E-state index in [1.165, 1.54) is 12.1 Å². The van der Waals surface area contributed by atoms with Crippen LogP contribution in [0.4, 0.5) is 9.18 Å². The van der Waals surface area contributed by atoms with Gasteiger partial charge in [-0.25, -0.2) is 9.18 Å². The van der Waals surface area contributed by atoms with Crippen LogP contribution in [0, 0.1) is 5.82 Å². The number of hydrogen-bond acceptors (Lipinski definition) is 2. The molecule has 76 valence electrons. The third kappa shape index (κ3) is 2.93. The Bertz CT molecular complexity index is 341. The predicted octanol–water partition coefficient (Wildman–Crippen LogP) is 1.34. The number of carbonyl (C=O) groups is 1. The summed E-state index contributed by atoms with van der Waals surface area (Å²) >= 11 is 0. The largest absolute Gasteiger partial charge is 0.505 e. The second-order valence-electron chi connectivity index (χ2n) is 2.77. The molecule has 1 aromatic carbocycles. The lowest BCUT2D eigenvalue weighted by Crippen LogP contribution is -2.23. The molecule has 5 heteroatoms. The van der Waals surface area contributed by atoms with E-state index in [0.717, 1.165) is 6.07 Å². The highest BCUT2D eigenvalue weighted by Crippen LogP contribution is 2.16. The lowest BCUT2D eigenvalue weighted by atomic mass is 10.1. The van der Waals surface area contributed by atoms with Gasteiger partial charge in [0, 0.05) is 6.54 Å². The molecular weight excluding hydrogens is 189 g/mol. The minimum atomic E-state index is -1.10. The van der Waals surface area contributed by atoms with Gasteiger partial charge in [0.2, 0.25) is 0 Å². The van der Waals surface area contributed by atoms with Gasteiger partial charge in [-0.15, -0.1) is 0 Å². The van der Waals surface area contributed by atoms with Gasteiger partial charge in [0.05, 0.1) is 0 Å². The Kier molecular flexibility index (Phi) is 3.28. The Hall–Kier alpha value is -1.78. The van der Waals surface area contributed by atoms with Crippen molar-refractivity contribution in [3.05, 3.63) is 29.6 Å². The first kappa shape index (κ1) is 10.3. The molecule has 0 aromatic heterocycles. The highest BCUT2D eigenvalue weighted by atomic mass is 19.1. The lowest BCUT2D eigenvalue weighted by Gasteiger charge is -2.02. The molecule has 1 rings (SSSR count). The molecule has 14 heavy (non-hydrogen) atoms. The summed E-state index contributed by atoms with van der Waals surface area (Å²) in [6.45, 7) is 0.237. The quantitative estimate of drug-likeness (QED) is 0.688. The average Bonchev–Trinajstić information content (AvgIpc) is 2.10. The first-order chi connectivity index (χ1) is 6.59. The van der Waals surface area contributed by atoms with Crippen molar-refractivity contribution < 1.29 is 19.4 Å². The molecule has 0 aliphatic carbocycles. The molecule has 3 N–H and O–H groups in total. The number of phenolic OH excluding ortho intramolecular Hbond substituents is 1. The van der Waals surface area contributed by atoms with Gasteiger partial charge in [0.25, 0.3) is 0 Å². The zero-order valence-corrected chi connectivity index (χ0v) is 7.33. The number of hydrogen-bond donors (Lipinski definition) is 3. The van der Waals surface area contributed by atoms with Crippen molar-refractivity contribution >= 4 is 6.09 Å². The van der Waals surface area contributed by atoms with Crippen molar-refractivity contribution in [3.8, 4) is 5.75 Å². The van der Waals surface area contributed by atoms with Gasteiger partial charge in [-0.3, -0.25) is 0 Å². The van der Waals surface area contributed by atoms with Crippen molar-refractivity contribution in [1.82, 2.24) is 5.32 Å². The summed E-state index contributed by atoms with van der Waals surface area (Å²) in [5.41, 5.74) is 0.678. The molecule has 4 nitrogen and oxygen atoms in total. The Morgan fingerprint density at radius 2 is 2.21 bits per heavy atom. The Labute approximate surface area is 80.0 Å². The second kappa shape index (κ2) is 4.45. The van der Waals surface area contributed by atoms with E-state index in [-0.39, 0.29) is 6.54 Å². The van der Waals surface area contributed by atoms with Crippen LogP contribution < -0.4 is 5.32 Å². The van der Waals surface area contributed by atoms with Gasteiger partial charge in [-0.2, -0.15) is 0 Å². The van der Waals surface area contributed by atoms with E-state index in [4.69, 9.17) is 10.2 Å². The Morgan fingerprint density at radius 1 is 1.50 bits per heavy atom. The molecule has 0 saturated heterocycles. The molecule has 0 heterocycles. The number of aromatic hydroxyl groups is 1. The third-order valence-corrected chi connectivity index (χ3v) is 1.70. The minimum absolute atomic E-state index is 0.237. The standard InChI is InChI=1S/C9H10FNO3/c10-7-2-1-6(5-8(7)12)3-4-11-9(13)14/h1-2,5,11-12H,3-4H2,(H,13,14). The van der Waals surface area contributed by atoms with Crippen molar-refractivity contribution in [2.24, 2.45) is 0 Å². The van der Waals surface area contributed by atoms with Gasteiger partial charge < -0.3 is 15.5 Å². The molecule has 0 aliphatic heterocycles. The molecule has 0 saturated carbocycles. The van der Waals surface area contributed by atoms with E-state index in [0.29, 0.717) is 12.0 Å². The number of halogens is 1. The Balaban J connectivity index is 2.51. The van der Waals surface area contributed by atoms with Crippen molar-refractivity contribution in [1.29, 1.82) is 0 Å². The third-order valence-electron chi connectivity index (χ3n) is 1.70. The SMILES string of the molecule is O=C(O)NCCc1ccc(F)c(O)c1. The summed E-state index contributed by atoms with van der Waals surface area (Å²) in [6, 6.07) is 3.92. The molecule has 0 fully saturated rings. The lowest BCUT2D eigenvalue weighted by molar-refractivity contribution is 0.194. The fraction of sp³-hybridized carbons (Fsp3) is 0.222. The maximum absolute atomic E-state index is 12.6. The number of carboxylic acid groups (broad SMARTS) is 1. The molecule has 0 atom stereocenters. The molecule has 0 bridgehead atoms. The van der Waals surface area contributed by atoms with Crippen LogP contribution in [0.15, 0.2) is 18.2 Å². The van der Waals surface area contributed by atoms with E-state index in [9.17, 15) is 9.18 Å². The molecule has 0 spiro atoms. The van der Waals surface area contributed by atoms with Crippen LogP contribution in [0.1, 0.15) is 5.56 Å². The van der Waals surface area contributed by atoms with Gasteiger partial charge in [-0.1, -0.05) is 6.07 Å². The zero-order chi connectivity index (χ0) is 10.6. The number of phenols is 1. The Morgan fingerprint density at radius 3 is 2.79 bits per heavy atom.